The summed E-state index contributed by atoms with van der Waals surface area (Å²) in [4.78, 5) is 0. The molecular weight excluding hydrogens is 348 g/mol. The monoisotopic (exact) mass is 394 g/mol. The van der Waals surface area contributed by atoms with Gasteiger partial charge in [-0.2, -0.15) is 0 Å². The van der Waals surface area contributed by atoms with Crippen molar-refractivity contribution in [3.05, 3.63) is 12.2 Å². The maximum Gasteiger partial charge on any atom is 0.192 e. The van der Waals surface area contributed by atoms with Gasteiger partial charge in [0.15, 0.2) is 8.32 Å². The minimum absolute atomic E-state index is 0.197. The van der Waals surface area contributed by atoms with Crippen molar-refractivity contribution in [2.75, 3.05) is 6.61 Å². The molecule has 0 spiro atoms. The molecule has 3 heteroatoms. The van der Waals surface area contributed by atoms with E-state index in [4.69, 9.17) is 4.43 Å². The highest BCUT2D eigenvalue weighted by atomic mass is 28.4. The van der Waals surface area contributed by atoms with Crippen molar-refractivity contribution in [3.8, 4) is 0 Å². The molecular formula is C24H46O2Si. The molecule has 2 saturated carbocycles. The average Bonchev–Trinajstić information content (AvgIpc) is 2.62. The van der Waals surface area contributed by atoms with Crippen molar-refractivity contribution < 1.29 is 9.53 Å². The van der Waals surface area contributed by atoms with Gasteiger partial charge in [-0.3, -0.25) is 0 Å². The molecule has 0 aromatic heterocycles. The molecule has 0 aromatic rings. The van der Waals surface area contributed by atoms with Crippen LogP contribution in [0.2, 0.25) is 18.1 Å². The van der Waals surface area contributed by atoms with E-state index < -0.39 is 8.32 Å². The molecule has 2 aliphatic carbocycles. The molecule has 2 rings (SSSR count). The van der Waals surface area contributed by atoms with Crippen molar-refractivity contribution in [1.82, 2.24) is 0 Å². The second-order valence-corrected chi connectivity index (χ2v) is 15.7. The molecule has 2 atom stereocenters. The van der Waals surface area contributed by atoms with Crippen LogP contribution in [-0.2, 0) is 4.43 Å². The molecule has 2 fully saturated rings. The second-order valence-electron chi connectivity index (χ2n) is 10.9. The van der Waals surface area contributed by atoms with Gasteiger partial charge < -0.3 is 9.53 Å². The molecule has 0 saturated heterocycles. The van der Waals surface area contributed by atoms with Crippen molar-refractivity contribution >= 4 is 8.32 Å². The lowest BCUT2D eigenvalue weighted by molar-refractivity contribution is 0.0777. The number of aliphatic hydroxyl groups excluding tert-OH is 1. The van der Waals surface area contributed by atoms with E-state index in [0.717, 1.165) is 13.0 Å². The van der Waals surface area contributed by atoms with E-state index in [2.05, 4.69) is 40.4 Å². The summed E-state index contributed by atoms with van der Waals surface area (Å²) in [5, 5.41) is 11.1. The topological polar surface area (TPSA) is 29.5 Å². The predicted molar refractivity (Wildman–Crippen MR) is 120 cm³/mol. The average molecular weight is 395 g/mol. The zero-order chi connectivity index (χ0) is 20.1. The summed E-state index contributed by atoms with van der Waals surface area (Å²) < 4.78 is 6.65. The van der Waals surface area contributed by atoms with Crippen LogP contribution < -0.4 is 0 Å². The smallest absolute Gasteiger partial charge is 0.192 e. The van der Waals surface area contributed by atoms with Gasteiger partial charge in [0, 0.05) is 12.5 Å². The van der Waals surface area contributed by atoms with Crippen LogP contribution in [0.3, 0.4) is 0 Å². The summed E-state index contributed by atoms with van der Waals surface area (Å²) >= 11 is 0. The molecule has 0 radical (unpaired) electrons. The van der Waals surface area contributed by atoms with E-state index in [1.165, 1.54) is 69.8 Å². The standard InChI is InChI=1S/C24H46O2Si/c1-19(17-23(25)21-15-11-8-12-16-21)22(20-13-9-7-10-14-20)18-26-27(5,6)24(2,3)4/h20-23,25H,1,7-18H2,2-6H3/t22-,23-/m1/s1. The second kappa shape index (κ2) is 10.1. The van der Waals surface area contributed by atoms with Gasteiger partial charge in [0.25, 0.3) is 0 Å². The van der Waals surface area contributed by atoms with Gasteiger partial charge in [-0.25, -0.2) is 0 Å². The van der Waals surface area contributed by atoms with Crippen LogP contribution in [0.15, 0.2) is 12.2 Å². The molecule has 0 bridgehead atoms. The molecule has 0 aliphatic heterocycles. The molecule has 0 unspecified atom stereocenters. The highest BCUT2D eigenvalue weighted by Gasteiger charge is 2.39. The number of hydrogen-bond acceptors (Lipinski definition) is 2. The largest absolute Gasteiger partial charge is 0.416 e. The molecule has 0 aromatic carbocycles. The van der Waals surface area contributed by atoms with Crippen LogP contribution in [0.1, 0.15) is 91.4 Å². The minimum atomic E-state index is -1.75. The Bertz CT molecular complexity index is 453. The van der Waals surface area contributed by atoms with E-state index in [1.807, 2.05) is 0 Å². The molecule has 27 heavy (non-hydrogen) atoms. The zero-order valence-corrected chi connectivity index (χ0v) is 19.9. The Hall–Kier alpha value is -0.123. The van der Waals surface area contributed by atoms with Gasteiger partial charge in [-0.05, 0) is 62.1 Å². The molecule has 0 amide bonds. The predicted octanol–water partition coefficient (Wildman–Crippen LogP) is 7.09. The van der Waals surface area contributed by atoms with Gasteiger partial charge >= 0.3 is 0 Å². The van der Waals surface area contributed by atoms with Crippen LogP contribution in [0.25, 0.3) is 0 Å². The fourth-order valence-corrected chi connectivity index (χ4v) is 5.77. The first-order valence-electron chi connectivity index (χ1n) is 11.6. The summed E-state index contributed by atoms with van der Waals surface area (Å²) in [6.45, 7) is 17.0. The third kappa shape index (κ3) is 6.71. The van der Waals surface area contributed by atoms with Crippen molar-refractivity contribution in [2.45, 2.75) is 116 Å². The summed E-state index contributed by atoms with van der Waals surface area (Å²) in [6.07, 6.45) is 13.6. The van der Waals surface area contributed by atoms with E-state index in [9.17, 15) is 5.11 Å². The van der Waals surface area contributed by atoms with Crippen LogP contribution in [0, 0.1) is 17.8 Å². The number of hydrogen-bond donors (Lipinski definition) is 1. The maximum absolute atomic E-state index is 10.9. The van der Waals surface area contributed by atoms with Crippen molar-refractivity contribution in [3.63, 3.8) is 0 Å². The maximum atomic E-state index is 10.9. The fraction of sp³-hybridized carbons (Fsp3) is 0.917. The molecule has 2 nitrogen and oxygen atoms in total. The van der Waals surface area contributed by atoms with E-state index >= 15 is 0 Å². The summed E-state index contributed by atoms with van der Waals surface area (Å²) in [6, 6.07) is 0. The molecule has 158 valence electrons. The quantitative estimate of drug-likeness (QED) is 0.351. The number of aliphatic hydroxyl groups is 1. The highest BCUT2D eigenvalue weighted by Crippen LogP contribution is 2.40. The molecule has 1 N–H and O–H groups in total. The Kier molecular flexibility index (Phi) is 8.64. The van der Waals surface area contributed by atoms with Crippen LogP contribution in [0.4, 0.5) is 0 Å². The van der Waals surface area contributed by atoms with Gasteiger partial charge in [0.1, 0.15) is 0 Å². The van der Waals surface area contributed by atoms with Gasteiger partial charge in [0.05, 0.1) is 6.10 Å². The SMILES string of the molecule is C=C(C[C@@H](O)C1CCCCC1)[C@@H](CO[Si](C)(C)C(C)(C)C)C1CCCCC1. The highest BCUT2D eigenvalue weighted by molar-refractivity contribution is 6.74. The van der Waals surface area contributed by atoms with E-state index in [1.54, 1.807) is 0 Å². The third-order valence-electron chi connectivity index (χ3n) is 7.84. The lowest BCUT2D eigenvalue weighted by Gasteiger charge is -2.40. The van der Waals surface area contributed by atoms with Crippen LogP contribution in [-0.4, -0.2) is 26.1 Å². The summed E-state index contributed by atoms with van der Waals surface area (Å²) in [5.74, 6) is 1.62. The Morgan fingerprint density at radius 2 is 1.44 bits per heavy atom. The normalized spacial score (nSPS) is 23.2. The lowest BCUT2D eigenvalue weighted by Crippen LogP contribution is -2.43. The minimum Gasteiger partial charge on any atom is -0.416 e. The van der Waals surface area contributed by atoms with Crippen molar-refractivity contribution in [2.24, 2.45) is 17.8 Å². The van der Waals surface area contributed by atoms with Crippen molar-refractivity contribution in [1.29, 1.82) is 0 Å². The van der Waals surface area contributed by atoms with Crippen LogP contribution >= 0.6 is 0 Å². The first-order chi connectivity index (χ1) is 12.6. The Morgan fingerprint density at radius 1 is 0.963 bits per heavy atom. The summed E-state index contributed by atoms with van der Waals surface area (Å²) in [5.41, 5.74) is 1.26. The Labute approximate surface area is 170 Å². The van der Waals surface area contributed by atoms with Gasteiger partial charge in [-0.15, -0.1) is 0 Å². The third-order valence-corrected chi connectivity index (χ3v) is 12.3. The Balaban J connectivity index is 2.01. The fourth-order valence-electron chi connectivity index (χ4n) is 4.74. The van der Waals surface area contributed by atoms with Gasteiger partial charge in [0.2, 0.25) is 0 Å². The first-order valence-corrected chi connectivity index (χ1v) is 14.5. The van der Waals surface area contributed by atoms with E-state index in [-0.39, 0.29) is 11.1 Å². The molecule has 0 heterocycles. The zero-order valence-electron chi connectivity index (χ0n) is 18.9. The summed E-state index contributed by atoms with van der Waals surface area (Å²) in [7, 11) is -1.75. The molecule has 2 aliphatic rings. The van der Waals surface area contributed by atoms with Gasteiger partial charge in [-0.1, -0.05) is 71.4 Å². The van der Waals surface area contributed by atoms with E-state index in [0.29, 0.717) is 17.8 Å². The Morgan fingerprint density at radius 3 is 1.93 bits per heavy atom. The van der Waals surface area contributed by atoms with Crippen LogP contribution in [0.5, 0.6) is 0 Å². The number of rotatable bonds is 8. The lowest BCUT2D eigenvalue weighted by atomic mass is 9.74. The first kappa shape index (κ1) is 23.2.